The molecule has 0 rings (SSSR count). The van der Waals surface area contributed by atoms with Gasteiger partial charge in [0.25, 0.3) is 0 Å². The van der Waals surface area contributed by atoms with Gasteiger partial charge >= 0.3 is 6.09 Å². The summed E-state index contributed by atoms with van der Waals surface area (Å²) in [6.07, 6.45) is -0.408. The molecule has 0 aromatic heterocycles. The van der Waals surface area contributed by atoms with E-state index in [1.54, 1.807) is 0 Å². The number of hydrogen-bond acceptors (Lipinski definition) is 3. The third-order valence-corrected chi connectivity index (χ3v) is 7.33. The molecule has 5 heteroatoms. The first kappa shape index (κ1) is 14.4. The van der Waals surface area contributed by atoms with E-state index < -0.39 is 14.4 Å². The molecule has 1 N–H and O–H groups in total. The first-order chi connectivity index (χ1) is 6.70. The molecular formula is C10H23NO3Si. The molecule has 0 heterocycles. The average molecular weight is 233 g/mol. The molecule has 0 aromatic rings. The van der Waals surface area contributed by atoms with Gasteiger partial charge in [-0.15, -0.1) is 0 Å². The second-order valence-electron chi connectivity index (χ2n) is 4.99. The lowest BCUT2D eigenvalue weighted by Crippen LogP contribution is -2.41. The maximum atomic E-state index is 10.8. The van der Waals surface area contributed by atoms with Gasteiger partial charge in [-0.05, 0) is 18.1 Å². The Labute approximate surface area is 93.5 Å². The van der Waals surface area contributed by atoms with E-state index in [9.17, 15) is 4.79 Å². The van der Waals surface area contributed by atoms with Crippen LogP contribution < -0.4 is 5.32 Å². The molecule has 0 bridgehead atoms. The minimum Gasteiger partial charge on any atom is -0.447 e. The SMILES string of the molecule is CNC(=O)OCCO[Si](C)(C)C(C)(C)C. The number of ether oxygens (including phenoxy) is 1. The molecule has 90 valence electrons. The van der Waals surface area contributed by atoms with E-state index in [1.165, 1.54) is 7.05 Å². The number of hydrogen-bond donors (Lipinski definition) is 1. The Morgan fingerprint density at radius 3 is 2.20 bits per heavy atom. The van der Waals surface area contributed by atoms with Crippen molar-refractivity contribution < 1.29 is 14.0 Å². The highest BCUT2D eigenvalue weighted by molar-refractivity contribution is 6.74. The predicted octanol–water partition coefficient (Wildman–Crippen LogP) is 2.36. The van der Waals surface area contributed by atoms with Crippen molar-refractivity contribution in [2.75, 3.05) is 20.3 Å². The van der Waals surface area contributed by atoms with E-state index in [1.807, 2.05) is 0 Å². The zero-order valence-corrected chi connectivity index (χ0v) is 11.6. The Kier molecular flexibility index (Phi) is 5.31. The summed E-state index contributed by atoms with van der Waals surface area (Å²) >= 11 is 0. The van der Waals surface area contributed by atoms with Crippen molar-refractivity contribution in [1.29, 1.82) is 0 Å². The summed E-state index contributed by atoms with van der Waals surface area (Å²) in [5, 5.41) is 2.58. The van der Waals surface area contributed by atoms with Crippen molar-refractivity contribution in [2.45, 2.75) is 38.9 Å². The monoisotopic (exact) mass is 233 g/mol. The number of carbonyl (C=O) groups excluding carboxylic acids is 1. The predicted molar refractivity (Wildman–Crippen MR) is 63.6 cm³/mol. The molecule has 0 aliphatic heterocycles. The van der Waals surface area contributed by atoms with Gasteiger partial charge in [0.05, 0.1) is 6.61 Å². The summed E-state index contributed by atoms with van der Waals surface area (Å²) in [7, 11) is -0.160. The quantitative estimate of drug-likeness (QED) is 0.599. The molecule has 0 saturated carbocycles. The van der Waals surface area contributed by atoms with Gasteiger partial charge in [-0.3, -0.25) is 0 Å². The summed E-state index contributed by atoms with van der Waals surface area (Å²) in [5.41, 5.74) is 0. The van der Waals surface area contributed by atoms with Crippen LogP contribution in [-0.2, 0) is 9.16 Å². The fourth-order valence-corrected chi connectivity index (χ4v) is 1.75. The molecule has 0 radical (unpaired) electrons. The molecule has 0 aromatic carbocycles. The van der Waals surface area contributed by atoms with Crippen molar-refractivity contribution in [3.63, 3.8) is 0 Å². The first-order valence-corrected chi connectivity index (χ1v) is 8.10. The summed E-state index contributed by atoms with van der Waals surface area (Å²) in [6.45, 7) is 11.7. The fourth-order valence-electron chi connectivity index (χ4n) is 0.720. The molecule has 1 amide bonds. The van der Waals surface area contributed by atoms with E-state index in [0.717, 1.165) is 0 Å². The molecule has 0 atom stereocenters. The van der Waals surface area contributed by atoms with Crippen molar-refractivity contribution in [2.24, 2.45) is 0 Å². The molecule has 0 aliphatic rings. The number of alkyl carbamates (subject to hydrolysis) is 1. The minimum absolute atomic E-state index is 0.194. The van der Waals surface area contributed by atoms with Crippen LogP contribution in [0, 0.1) is 0 Å². The van der Waals surface area contributed by atoms with Crippen molar-refractivity contribution >= 4 is 14.4 Å². The smallest absolute Gasteiger partial charge is 0.406 e. The molecule has 0 unspecified atom stereocenters. The van der Waals surface area contributed by atoms with E-state index >= 15 is 0 Å². The Balaban J connectivity index is 3.82. The zero-order chi connectivity index (χ0) is 12.1. The number of amides is 1. The van der Waals surface area contributed by atoms with Crippen LogP contribution in [0.15, 0.2) is 0 Å². The van der Waals surface area contributed by atoms with Gasteiger partial charge in [-0.25, -0.2) is 4.79 Å². The molecule has 0 aliphatic carbocycles. The highest BCUT2D eigenvalue weighted by Crippen LogP contribution is 2.36. The third kappa shape index (κ3) is 5.18. The van der Waals surface area contributed by atoms with Crippen LogP contribution in [0.25, 0.3) is 0 Å². The Morgan fingerprint density at radius 2 is 1.80 bits per heavy atom. The number of nitrogens with one attached hydrogen (secondary N) is 1. The summed E-state index contributed by atoms with van der Waals surface area (Å²) < 4.78 is 10.7. The maximum Gasteiger partial charge on any atom is 0.406 e. The largest absolute Gasteiger partial charge is 0.447 e. The molecule has 4 nitrogen and oxygen atoms in total. The summed E-state index contributed by atoms with van der Waals surface area (Å²) in [4.78, 5) is 10.8. The van der Waals surface area contributed by atoms with Crippen LogP contribution in [0.4, 0.5) is 4.79 Å². The highest BCUT2D eigenvalue weighted by atomic mass is 28.4. The van der Waals surface area contributed by atoms with Crippen LogP contribution in [0.2, 0.25) is 18.1 Å². The van der Waals surface area contributed by atoms with E-state index in [0.29, 0.717) is 13.2 Å². The van der Waals surface area contributed by atoms with Gasteiger partial charge in [0.15, 0.2) is 8.32 Å². The van der Waals surface area contributed by atoms with Crippen molar-refractivity contribution in [1.82, 2.24) is 5.32 Å². The topological polar surface area (TPSA) is 47.6 Å². The van der Waals surface area contributed by atoms with Crippen LogP contribution in [-0.4, -0.2) is 34.7 Å². The molecular weight excluding hydrogens is 210 g/mol. The van der Waals surface area contributed by atoms with Gasteiger partial charge in [0.2, 0.25) is 0 Å². The van der Waals surface area contributed by atoms with Gasteiger partial charge in [0, 0.05) is 7.05 Å². The van der Waals surface area contributed by atoms with Crippen LogP contribution in [0.1, 0.15) is 20.8 Å². The lowest BCUT2D eigenvalue weighted by atomic mass is 10.2. The summed E-state index contributed by atoms with van der Waals surface area (Å²) in [5.74, 6) is 0. The second-order valence-corrected chi connectivity index (χ2v) is 9.80. The van der Waals surface area contributed by atoms with Crippen molar-refractivity contribution in [3.8, 4) is 0 Å². The average Bonchev–Trinajstić information content (AvgIpc) is 2.10. The maximum absolute atomic E-state index is 10.8. The van der Waals surface area contributed by atoms with Crippen LogP contribution >= 0.6 is 0 Å². The zero-order valence-electron chi connectivity index (χ0n) is 10.6. The normalized spacial score (nSPS) is 12.4. The van der Waals surface area contributed by atoms with Crippen molar-refractivity contribution in [3.05, 3.63) is 0 Å². The van der Waals surface area contributed by atoms with Gasteiger partial charge in [0.1, 0.15) is 6.61 Å². The van der Waals surface area contributed by atoms with Crippen LogP contribution in [0.5, 0.6) is 0 Å². The Bertz CT molecular complexity index is 211. The number of rotatable bonds is 4. The van der Waals surface area contributed by atoms with Gasteiger partial charge in [-0.1, -0.05) is 20.8 Å². The number of carbonyl (C=O) groups is 1. The van der Waals surface area contributed by atoms with Crippen LogP contribution in [0.3, 0.4) is 0 Å². The molecule has 0 fully saturated rings. The standard InChI is InChI=1S/C10H23NO3Si/c1-10(2,3)15(5,6)14-8-7-13-9(12)11-4/h7-8H2,1-6H3,(H,11,12). The van der Waals surface area contributed by atoms with Gasteiger partial charge in [-0.2, -0.15) is 0 Å². The van der Waals surface area contributed by atoms with Gasteiger partial charge < -0.3 is 14.5 Å². The Hall–Kier alpha value is -0.553. The Morgan fingerprint density at radius 1 is 1.27 bits per heavy atom. The minimum atomic E-state index is -1.70. The first-order valence-electron chi connectivity index (χ1n) is 5.19. The van der Waals surface area contributed by atoms with E-state index in [-0.39, 0.29) is 5.04 Å². The molecule has 15 heavy (non-hydrogen) atoms. The summed E-state index contributed by atoms with van der Waals surface area (Å²) in [6, 6.07) is 0. The van der Waals surface area contributed by atoms with E-state index in [4.69, 9.17) is 9.16 Å². The second kappa shape index (κ2) is 5.51. The van der Waals surface area contributed by atoms with E-state index in [2.05, 4.69) is 39.2 Å². The molecule has 0 saturated heterocycles. The third-order valence-electron chi connectivity index (χ3n) is 2.79. The lowest BCUT2D eigenvalue weighted by Gasteiger charge is -2.36. The fraction of sp³-hybridized carbons (Fsp3) is 0.900. The highest BCUT2D eigenvalue weighted by Gasteiger charge is 2.36. The molecule has 0 spiro atoms. The lowest BCUT2D eigenvalue weighted by molar-refractivity contribution is 0.123.